The van der Waals surface area contributed by atoms with Gasteiger partial charge in [0.15, 0.2) is 0 Å². The van der Waals surface area contributed by atoms with E-state index in [1.165, 1.54) is 53.2 Å². The van der Waals surface area contributed by atoms with Crippen molar-refractivity contribution in [2.24, 2.45) is 23.7 Å². The second-order valence-corrected chi connectivity index (χ2v) is 22.9. The molecule has 1 amide bonds. The minimum Gasteiger partial charge on any atom is -0.507 e. The first-order valence-corrected chi connectivity index (χ1v) is 27.8. The number of amides is 1. The van der Waals surface area contributed by atoms with E-state index in [1.54, 1.807) is 49.3 Å². The molecule has 5 aliphatic heterocycles. The zero-order chi connectivity index (χ0) is 58.8. The number of fused-ring (bicyclic) bond motifs is 15. The number of benzene rings is 2. The number of phenols is 1. The Bertz CT molecular complexity index is 3310. The Morgan fingerprint density at radius 2 is 1.52 bits per heavy atom. The molecule has 0 spiro atoms. The van der Waals surface area contributed by atoms with Gasteiger partial charge in [0.2, 0.25) is 17.0 Å². The number of phenolic OH excluding ortho intramolecular Hbond substituents is 1. The second-order valence-electron chi connectivity index (χ2n) is 22.5. The van der Waals surface area contributed by atoms with Crippen LogP contribution in [0.3, 0.4) is 0 Å². The number of rotatable bonds is 7. The van der Waals surface area contributed by atoms with Crippen molar-refractivity contribution in [3.63, 3.8) is 0 Å². The van der Waals surface area contributed by atoms with Crippen LogP contribution in [0.15, 0.2) is 64.6 Å². The molecule has 3 fully saturated rings. The number of allylic oxidation sites excluding steroid dienone is 4. The van der Waals surface area contributed by atoms with Gasteiger partial charge in [0, 0.05) is 113 Å². The molecule has 1 saturated carbocycles. The fourth-order valence-electron chi connectivity index (χ4n) is 12.3. The van der Waals surface area contributed by atoms with Gasteiger partial charge in [-0.1, -0.05) is 57.5 Å². The zero-order valence-electron chi connectivity index (χ0n) is 46.7. The van der Waals surface area contributed by atoms with E-state index in [2.05, 4.69) is 10.2 Å². The summed E-state index contributed by atoms with van der Waals surface area (Å²) < 4.78 is 41.6. The van der Waals surface area contributed by atoms with Crippen molar-refractivity contribution in [2.75, 3.05) is 51.3 Å². The Labute approximate surface area is 472 Å². The number of aromatic hydroxyl groups is 1. The molecule has 5 N–H and O–H groups in total. The third-order valence-electron chi connectivity index (χ3n) is 17.2. The molecule has 22 heteroatoms. The summed E-state index contributed by atoms with van der Waals surface area (Å²) in [4.78, 5) is 103. The number of aliphatic hydroxyl groups is 2. The number of aliphatic hydroxyl groups excluding tert-OH is 2. The molecule has 3 aromatic rings. The summed E-state index contributed by atoms with van der Waals surface area (Å²) in [5.41, 5.74) is -2.65. The molecule has 1 aromatic heterocycles. The molecule has 6 heterocycles. The van der Waals surface area contributed by atoms with Crippen LogP contribution >= 0.6 is 11.6 Å². The van der Waals surface area contributed by atoms with Gasteiger partial charge in [-0.15, -0.1) is 0 Å². The zero-order valence-corrected chi connectivity index (χ0v) is 47.5. The van der Waals surface area contributed by atoms with Gasteiger partial charge in [-0.25, -0.2) is 9.18 Å². The normalized spacial score (nSPS) is 28.3. The molecule has 5 bridgehead atoms. The number of pyridine rings is 1. The Kier molecular flexibility index (Phi) is 16.5. The lowest BCUT2D eigenvalue weighted by atomic mass is 9.78. The number of methoxy groups -OCH3 is 1. The Morgan fingerprint density at radius 3 is 2.14 bits per heavy atom. The van der Waals surface area contributed by atoms with Gasteiger partial charge in [0.05, 0.1) is 62.9 Å². The standard InChI is InChI=1S/C59H69ClFN5O15/c1-27-11-10-12-28(2)57(75)62-44-47(64-18-15-34(16-19-64)63-20-22-65(23-21-63)46-38(61)25-36-45(43(46)60)66(35-13-14-35)26-37(51(36)71)58(76)77)53(73)40-41(52(44)72)50(70)32(6)55-42(40)56(74)59(8,81-55)79-24-17-39(78-9)29(3)54(80-33(7)67)31(5)49(69)30(4)48(27)68/h10-12,17,24-27,29-31,34-35,39,48-49,54,68-70H,13-16,18-23H2,1-9H3,(H,62,75)(H,76,77)/t27-,29+,30+,31+,39-,48-,49+,54+,59-/m0/s1. The smallest absolute Gasteiger partial charge is 0.341 e. The maximum absolute atomic E-state index is 16.1. The van der Waals surface area contributed by atoms with Crippen molar-refractivity contribution in [3.8, 4) is 11.5 Å². The Balaban J connectivity index is 1.02. The highest BCUT2D eigenvalue weighted by Crippen LogP contribution is 2.50. The summed E-state index contributed by atoms with van der Waals surface area (Å²) in [5.74, 6) is -11.8. The monoisotopic (exact) mass is 1140 g/mol. The van der Waals surface area contributed by atoms with Crippen LogP contribution in [0.5, 0.6) is 11.5 Å². The number of hydrogen-bond acceptors (Lipinski definition) is 17. The van der Waals surface area contributed by atoms with Crippen molar-refractivity contribution >= 4 is 63.4 Å². The van der Waals surface area contributed by atoms with E-state index in [4.69, 9.17) is 30.5 Å². The van der Waals surface area contributed by atoms with Crippen LogP contribution in [0.4, 0.5) is 10.1 Å². The van der Waals surface area contributed by atoms with Gasteiger partial charge in [0.1, 0.15) is 40.4 Å². The van der Waals surface area contributed by atoms with E-state index in [0.717, 1.165) is 25.2 Å². The molecule has 0 unspecified atom stereocenters. The van der Waals surface area contributed by atoms with Crippen molar-refractivity contribution in [3.05, 3.63) is 109 Å². The average Bonchev–Trinajstić information content (AvgIpc) is 4.38. The number of hydrogen-bond donors (Lipinski definition) is 5. The first-order chi connectivity index (χ1) is 38.3. The lowest BCUT2D eigenvalue weighted by molar-refractivity contribution is -0.160. The maximum atomic E-state index is 16.1. The predicted molar refractivity (Wildman–Crippen MR) is 295 cm³/mol. The minimum absolute atomic E-state index is 0.0271. The van der Waals surface area contributed by atoms with Crippen LogP contribution in [0.25, 0.3) is 10.9 Å². The van der Waals surface area contributed by atoms with Gasteiger partial charge >= 0.3 is 17.7 Å². The largest absolute Gasteiger partial charge is 0.507 e. The number of nitrogens with zero attached hydrogens (tertiary/aromatic N) is 4. The molecular formula is C59H69ClFN5O15. The molecule has 20 nitrogen and oxygen atoms in total. The summed E-state index contributed by atoms with van der Waals surface area (Å²) in [6, 6.07) is 0.942. The number of esters is 1. The SMILES string of the molecule is CO[C@H]1C=CO[C@@]2(C)Oc3c(C)c(O)c4c(c3C2=O)C(=O)C(N2CCC(N3CCN(c5c(F)cc6c(=O)c(C(=O)O)cn(C7CC7)c6c5Cl)CC3)CC2)=C(NC(=O)C(C)=CC=C[C@H](C)[C@H](O)[C@@H](C)[C@@H](O)[C@@H](C)[C@H](OC(C)=O)[C@@H]1C)C4=O. The molecule has 9 atom stereocenters. The number of anilines is 1. The molecule has 2 aromatic carbocycles. The number of carboxylic acids is 1. The lowest BCUT2D eigenvalue weighted by Crippen LogP contribution is -2.54. The first-order valence-electron chi connectivity index (χ1n) is 27.4. The Hall–Kier alpha value is -6.91. The number of halogens is 2. The summed E-state index contributed by atoms with van der Waals surface area (Å²) in [6.07, 6.45) is 6.90. The number of carbonyl (C=O) groups excluding carboxylic acids is 5. The molecule has 81 heavy (non-hydrogen) atoms. The maximum Gasteiger partial charge on any atom is 0.341 e. The molecule has 0 radical (unpaired) electrons. The van der Waals surface area contributed by atoms with Crippen LogP contribution in [0.1, 0.15) is 127 Å². The van der Waals surface area contributed by atoms with Gasteiger partial charge in [0.25, 0.3) is 11.7 Å². The lowest BCUT2D eigenvalue weighted by Gasteiger charge is -2.44. The van der Waals surface area contributed by atoms with Crippen LogP contribution in [-0.4, -0.2) is 153 Å². The molecule has 7 aliphatic rings. The van der Waals surface area contributed by atoms with E-state index >= 15 is 14.0 Å². The molecule has 10 rings (SSSR count). The van der Waals surface area contributed by atoms with Gasteiger partial charge in [-0.3, -0.25) is 33.7 Å². The summed E-state index contributed by atoms with van der Waals surface area (Å²) in [6.45, 7) is 14.3. The quantitative estimate of drug-likeness (QED) is 0.161. The van der Waals surface area contributed by atoms with Crippen LogP contribution < -0.4 is 20.4 Å². The molecule has 2 aliphatic carbocycles. The molecular weight excluding hydrogens is 1070 g/mol. The van der Waals surface area contributed by atoms with Gasteiger partial charge in [-0.05, 0) is 51.7 Å². The predicted octanol–water partition coefficient (Wildman–Crippen LogP) is 6.39. The number of likely N-dealkylation sites (tertiary alicyclic amines) is 1. The molecule has 2 saturated heterocycles. The second kappa shape index (κ2) is 22.8. The fourth-order valence-corrected chi connectivity index (χ4v) is 12.7. The van der Waals surface area contributed by atoms with Crippen molar-refractivity contribution in [1.29, 1.82) is 0 Å². The summed E-state index contributed by atoms with van der Waals surface area (Å²) in [7, 11) is 1.41. The number of Topliss-reactive ketones (excluding diaryl/α,β-unsaturated/α-hetero) is 3. The number of carboxylic acid groups (broad SMARTS) is 1. The van der Waals surface area contributed by atoms with E-state index in [-0.39, 0.29) is 74.9 Å². The van der Waals surface area contributed by atoms with E-state index in [1.807, 2.05) is 4.90 Å². The number of ether oxygens (including phenoxy) is 4. The number of ketones is 3. The van der Waals surface area contributed by atoms with Crippen LogP contribution in [0, 0.1) is 36.4 Å². The van der Waals surface area contributed by atoms with E-state index in [0.29, 0.717) is 39.0 Å². The number of nitrogens with one attached hydrogen (secondary N) is 1. The number of carbonyl (C=O) groups is 6. The van der Waals surface area contributed by atoms with Gasteiger partial charge < -0.3 is 59.1 Å². The Morgan fingerprint density at radius 1 is 0.852 bits per heavy atom. The third kappa shape index (κ3) is 10.7. The van der Waals surface area contributed by atoms with E-state index < -0.39 is 128 Å². The molecule has 434 valence electrons. The number of aromatic nitrogens is 1. The van der Waals surface area contributed by atoms with Crippen LogP contribution in [0.2, 0.25) is 5.02 Å². The van der Waals surface area contributed by atoms with Crippen LogP contribution in [-0.2, 0) is 23.8 Å². The third-order valence-corrected chi connectivity index (χ3v) is 17.6. The topological polar surface area (TPSA) is 264 Å². The fraction of sp³-hybridized carbons (Fsp3) is 0.508. The van der Waals surface area contributed by atoms with Crippen molar-refractivity contribution in [1.82, 2.24) is 19.7 Å². The average molecular weight is 1140 g/mol. The highest BCUT2D eigenvalue weighted by atomic mass is 35.5. The minimum atomic E-state index is -2.16. The highest BCUT2D eigenvalue weighted by Gasteiger charge is 2.53. The number of aromatic carboxylic acids is 1. The van der Waals surface area contributed by atoms with Crippen molar-refractivity contribution < 1.29 is 72.5 Å². The summed E-state index contributed by atoms with van der Waals surface area (Å²) in [5, 5.41) is 47.3. The van der Waals surface area contributed by atoms with Crippen molar-refractivity contribution in [2.45, 2.75) is 123 Å². The number of piperazine rings is 1. The first kappa shape index (κ1) is 58.7. The van der Waals surface area contributed by atoms with E-state index in [9.17, 15) is 44.4 Å². The number of piperidine rings is 1. The van der Waals surface area contributed by atoms with Gasteiger partial charge in [-0.2, -0.15) is 0 Å². The summed E-state index contributed by atoms with van der Waals surface area (Å²) >= 11 is 6.97. The highest BCUT2D eigenvalue weighted by molar-refractivity contribution is 6.38.